The van der Waals surface area contributed by atoms with Gasteiger partial charge in [-0.1, -0.05) is 13.0 Å². The van der Waals surface area contributed by atoms with Crippen LogP contribution >= 0.6 is 0 Å². The smallest absolute Gasteiger partial charge is 0.224 e. The van der Waals surface area contributed by atoms with Crippen molar-refractivity contribution in [2.75, 3.05) is 25.0 Å². The molecular weight excluding hydrogens is 293 g/mol. The van der Waals surface area contributed by atoms with Crippen LogP contribution in [0.25, 0.3) is 0 Å². The van der Waals surface area contributed by atoms with Crippen LogP contribution in [0.1, 0.15) is 37.3 Å². The first-order valence-electron chi connectivity index (χ1n) is 8.66. The normalized spacial score (nSPS) is 19.9. The van der Waals surface area contributed by atoms with E-state index in [0.29, 0.717) is 36.9 Å². The van der Waals surface area contributed by atoms with Crippen LogP contribution in [0.3, 0.4) is 0 Å². The third-order valence-corrected chi connectivity index (χ3v) is 5.18. The van der Waals surface area contributed by atoms with Gasteiger partial charge in [0.2, 0.25) is 5.91 Å². The van der Waals surface area contributed by atoms with Crippen molar-refractivity contribution in [1.82, 2.24) is 10.6 Å². The summed E-state index contributed by atoms with van der Waals surface area (Å²) in [6, 6.07) is 3.60. The lowest BCUT2D eigenvalue weighted by molar-refractivity contribution is -0.117. The van der Waals surface area contributed by atoms with Gasteiger partial charge >= 0.3 is 0 Å². The zero-order chi connectivity index (χ0) is 16.2. The summed E-state index contributed by atoms with van der Waals surface area (Å²) >= 11 is 0. The lowest BCUT2D eigenvalue weighted by Gasteiger charge is -2.28. The Kier molecular flexibility index (Phi) is 5.28. The predicted octanol–water partition coefficient (Wildman–Crippen LogP) is 2.44. The second kappa shape index (κ2) is 7.41. The van der Waals surface area contributed by atoms with Crippen molar-refractivity contribution in [3.8, 4) is 0 Å². The van der Waals surface area contributed by atoms with E-state index in [1.54, 1.807) is 6.07 Å². The highest BCUT2D eigenvalue weighted by Crippen LogP contribution is 2.27. The molecule has 0 aromatic heterocycles. The monoisotopic (exact) mass is 319 g/mol. The van der Waals surface area contributed by atoms with Crippen molar-refractivity contribution in [3.05, 3.63) is 29.1 Å². The standard InChI is InChI=1S/C18H26FN3O/c1-12(13-4-7-20-8-5-13)10-17(23)22-16-3-2-14-11-21-9-6-15(14)18(16)19/h2-3,12-13,20-21H,4-11H2,1H3,(H,22,23). The Hall–Kier alpha value is -1.46. The number of halogens is 1. The first-order chi connectivity index (χ1) is 11.1. The molecule has 0 spiro atoms. The van der Waals surface area contributed by atoms with Crippen molar-refractivity contribution in [3.63, 3.8) is 0 Å². The number of carbonyl (C=O) groups excluding carboxylic acids is 1. The Bertz CT molecular complexity index is 570. The fourth-order valence-corrected chi connectivity index (χ4v) is 3.70. The van der Waals surface area contributed by atoms with Crippen molar-refractivity contribution >= 4 is 11.6 Å². The lowest BCUT2D eigenvalue weighted by Crippen LogP contribution is -2.32. The molecule has 1 saturated heterocycles. The van der Waals surface area contributed by atoms with E-state index in [-0.39, 0.29) is 11.7 Å². The van der Waals surface area contributed by atoms with Crippen LogP contribution in [0.2, 0.25) is 0 Å². The molecule has 3 rings (SSSR count). The minimum atomic E-state index is -0.258. The maximum Gasteiger partial charge on any atom is 0.224 e. The van der Waals surface area contributed by atoms with Gasteiger partial charge in [-0.15, -0.1) is 0 Å². The molecule has 1 unspecified atom stereocenters. The highest BCUT2D eigenvalue weighted by molar-refractivity contribution is 5.91. The lowest BCUT2D eigenvalue weighted by atomic mass is 9.84. The second-order valence-corrected chi connectivity index (χ2v) is 6.81. The third-order valence-electron chi connectivity index (χ3n) is 5.18. The summed E-state index contributed by atoms with van der Waals surface area (Å²) in [5.41, 5.74) is 2.07. The summed E-state index contributed by atoms with van der Waals surface area (Å²) in [6.45, 7) is 5.68. The van der Waals surface area contributed by atoms with Gasteiger partial charge in [-0.2, -0.15) is 0 Å². The fourth-order valence-electron chi connectivity index (χ4n) is 3.70. The van der Waals surface area contributed by atoms with Crippen molar-refractivity contribution in [2.45, 2.75) is 39.2 Å². The highest BCUT2D eigenvalue weighted by Gasteiger charge is 2.23. The molecule has 1 amide bonds. The van der Waals surface area contributed by atoms with E-state index < -0.39 is 0 Å². The minimum Gasteiger partial charge on any atom is -0.324 e. The maximum absolute atomic E-state index is 14.6. The topological polar surface area (TPSA) is 53.2 Å². The number of amides is 1. The van der Waals surface area contributed by atoms with Gasteiger partial charge in [0.25, 0.3) is 0 Å². The van der Waals surface area contributed by atoms with E-state index in [1.165, 1.54) is 0 Å². The molecule has 5 heteroatoms. The number of hydrogen-bond acceptors (Lipinski definition) is 3. The van der Waals surface area contributed by atoms with E-state index >= 15 is 0 Å². The number of nitrogens with one attached hydrogen (secondary N) is 3. The SMILES string of the molecule is CC(CC(=O)Nc1ccc2c(c1F)CCNC2)C1CCNCC1. The van der Waals surface area contributed by atoms with Crippen molar-refractivity contribution in [2.24, 2.45) is 11.8 Å². The molecule has 1 aromatic carbocycles. The third kappa shape index (κ3) is 3.90. The number of benzene rings is 1. The average Bonchev–Trinajstić information content (AvgIpc) is 2.58. The second-order valence-electron chi connectivity index (χ2n) is 6.81. The summed E-state index contributed by atoms with van der Waals surface area (Å²) in [6.07, 6.45) is 3.38. The summed E-state index contributed by atoms with van der Waals surface area (Å²) in [4.78, 5) is 12.3. The Labute approximate surface area is 137 Å². The zero-order valence-electron chi connectivity index (χ0n) is 13.8. The van der Waals surface area contributed by atoms with Crippen molar-refractivity contribution < 1.29 is 9.18 Å². The number of piperidine rings is 1. The molecule has 0 saturated carbocycles. The first-order valence-corrected chi connectivity index (χ1v) is 8.66. The van der Waals surface area contributed by atoms with Crippen LogP contribution < -0.4 is 16.0 Å². The number of fused-ring (bicyclic) bond motifs is 1. The molecule has 0 radical (unpaired) electrons. The Morgan fingerprint density at radius 2 is 2.09 bits per heavy atom. The van der Waals surface area contributed by atoms with Gasteiger partial charge in [0.1, 0.15) is 5.82 Å². The van der Waals surface area contributed by atoms with Crippen LogP contribution in [0, 0.1) is 17.7 Å². The van der Waals surface area contributed by atoms with Crippen LogP contribution in [-0.2, 0) is 17.8 Å². The number of rotatable bonds is 4. The van der Waals surface area contributed by atoms with Crippen LogP contribution in [0.15, 0.2) is 12.1 Å². The van der Waals surface area contributed by atoms with E-state index in [9.17, 15) is 9.18 Å². The van der Waals surface area contributed by atoms with Crippen LogP contribution in [-0.4, -0.2) is 25.5 Å². The Morgan fingerprint density at radius 3 is 2.87 bits per heavy atom. The summed E-state index contributed by atoms with van der Waals surface area (Å²) in [5, 5.41) is 9.36. The predicted molar refractivity (Wildman–Crippen MR) is 89.8 cm³/mol. The van der Waals surface area contributed by atoms with E-state index in [1.807, 2.05) is 6.07 Å². The number of carbonyl (C=O) groups is 1. The highest BCUT2D eigenvalue weighted by atomic mass is 19.1. The Balaban J connectivity index is 1.61. The first kappa shape index (κ1) is 16.4. The van der Waals surface area contributed by atoms with Gasteiger partial charge in [0.15, 0.2) is 0 Å². The molecule has 2 aliphatic rings. The van der Waals surface area contributed by atoms with E-state index in [0.717, 1.165) is 43.6 Å². The van der Waals surface area contributed by atoms with Gasteiger partial charge in [0.05, 0.1) is 5.69 Å². The zero-order valence-corrected chi connectivity index (χ0v) is 13.8. The van der Waals surface area contributed by atoms with Gasteiger partial charge in [-0.25, -0.2) is 4.39 Å². The molecular formula is C18H26FN3O. The molecule has 0 bridgehead atoms. The molecule has 2 aliphatic heterocycles. The molecule has 1 fully saturated rings. The molecule has 126 valence electrons. The van der Waals surface area contributed by atoms with Crippen LogP contribution in [0.5, 0.6) is 0 Å². The van der Waals surface area contributed by atoms with Gasteiger partial charge < -0.3 is 16.0 Å². The molecule has 4 nitrogen and oxygen atoms in total. The van der Waals surface area contributed by atoms with Gasteiger partial charge in [-0.3, -0.25) is 4.79 Å². The fraction of sp³-hybridized carbons (Fsp3) is 0.611. The van der Waals surface area contributed by atoms with Crippen LogP contribution in [0.4, 0.5) is 10.1 Å². The van der Waals surface area contributed by atoms with Gasteiger partial charge in [0, 0.05) is 13.0 Å². The Morgan fingerprint density at radius 1 is 1.30 bits per heavy atom. The molecule has 3 N–H and O–H groups in total. The number of hydrogen-bond donors (Lipinski definition) is 3. The number of anilines is 1. The quantitative estimate of drug-likeness (QED) is 0.799. The van der Waals surface area contributed by atoms with E-state index in [4.69, 9.17) is 0 Å². The van der Waals surface area contributed by atoms with Crippen molar-refractivity contribution in [1.29, 1.82) is 0 Å². The minimum absolute atomic E-state index is 0.0798. The van der Waals surface area contributed by atoms with E-state index in [2.05, 4.69) is 22.9 Å². The molecule has 1 aromatic rings. The van der Waals surface area contributed by atoms with Gasteiger partial charge in [-0.05, 0) is 67.9 Å². The molecule has 0 aliphatic carbocycles. The average molecular weight is 319 g/mol. The summed E-state index contributed by atoms with van der Waals surface area (Å²) in [5.74, 6) is 0.583. The maximum atomic E-state index is 14.6. The summed E-state index contributed by atoms with van der Waals surface area (Å²) in [7, 11) is 0. The largest absolute Gasteiger partial charge is 0.324 e. The molecule has 23 heavy (non-hydrogen) atoms. The molecule has 1 atom stereocenters. The summed E-state index contributed by atoms with van der Waals surface area (Å²) < 4.78 is 14.6. The molecule has 2 heterocycles.